The summed E-state index contributed by atoms with van der Waals surface area (Å²) in [4.78, 5) is 11.9. The van der Waals surface area contributed by atoms with E-state index in [1.807, 2.05) is 54.6 Å². The maximum Gasteiger partial charge on any atom is 0.336 e. The van der Waals surface area contributed by atoms with E-state index in [0.717, 1.165) is 33.1 Å². The smallest absolute Gasteiger partial charge is 0.336 e. The molecule has 0 spiro atoms. The fourth-order valence-corrected chi connectivity index (χ4v) is 3.46. The van der Waals surface area contributed by atoms with Crippen molar-refractivity contribution in [2.75, 3.05) is 0 Å². The van der Waals surface area contributed by atoms with Gasteiger partial charge in [0.2, 0.25) is 0 Å². The van der Waals surface area contributed by atoms with Crippen LogP contribution >= 0.6 is 15.9 Å². The van der Waals surface area contributed by atoms with E-state index in [-0.39, 0.29) is 11.7 Å². The van der Waals surface area contributed by atoms with Crippen molar-refractivity contribution in [1.82, 2.24) is 0 Å². The highest BCUT2D eigenvalue weighted by atomic mass is 79.9. The monoisotopic (exact) mass is 426 g/mol. The Morgan fingerprint density at radius 2 is 1.74 bits per heavy atom. The van der Waals surface area contributed by atoms with E-state index in [1.54, 1.807) is 12.3 Å². The molecule has 0 aliphatic carbocycles. The maximum atomic E-state index is 11.9. The topological polar surface area (TPSA) is 39.4 Å². The number of hydrogen-bond donors (Lipinski definition) is 0. The Balaban J connectivity index is 1.95. The average Bonchev–Trinajstić information content (AvgIpc) is 2.67. The van der Waals surface area contributed by atoms with Crippen LogP contribution in [-0.4, -0.2) is 0 Å². The van der Waals surface area contributed by atoms with Gasteiger partial charge in [0.1, 0.15) is 6.26 Å². The van der Waals surface area contributed by atoms with Crippen LogP contribution in [0.25, 0.3) is 11.1 Å². The molecule has 0 N–H and O–H groups in total. The first-order valence-corrected chi connectivity index (χ1v) is 9.87. The van der Waals surface area contributed by atoms with Gasteiger partial charge in [0.05, 0.1) is 12.7 Å². The van der Waals surface area contributed by atoms with Crippen LogP contribution in [0.15, 0.2) is 80.6 Å². The molecule has 3 aromatic rings. The van der Waals surface area contributed by atoms with E-state index < -0.39 is 0 Å². The van der Waals surface area contributed by atoms with Gasteiger partial charge < -0.3 is 9.15 Å². The third-order valence-electron chi connectivity index (χ3n) is 4.39. The molecule has 3 nitrogen and oxygen atoms in total. The number of ether oxygens (including phenoxy) is 1. The molecular weight excluding hydrogens is 404 g/mol. The Hall–Kier alpha value is -2.17. The van der Waals surface area contributed by atoms with E-state index in [9.17, 15) is 4.79 Å². The van der Waals surface area contributed by atoms with Crippen molar-refractivity contribution >= 4 is 15.9 Å². The molecule has 1 unspecified atom stereocenters. The Bertz CT molecular complexity index is 932. The zero-order valence-corrected chi connectivity index (χ0v) is 17.1. The first kappa shape index (κ1) is 19.6. The van der Waals surface area contributed by atoms with Crippen molar-refractivity contribution in [3.05, 3.63) is 92.9 Å². The minimum atomic E-state index is -0.355. The first-order valence-electron chi connectivity index (χ1n) is 9.07. The maximum absolute atomic E-state index is 11.9. The van der Waals surface area contributed by atoms with Crippen molar-refractivity contribution < 1.29 is 9.15 Å². The summed E-state index contributed by atoms with van der Waals surface area (Å²) in [6, 6.07) is 19.5. The quantitative estimate of drug-likeness (QED) is 0.440. The molecule has 4 heteroatoms. The molecule has 0 fully saturated rings. The molecule has 3 rings (SSSR count). The summed E-state index contributed by atoms with van der Waals surface area (Å²) in [7, 11) is 0. The van der Waals surface area contributed by atoms with E-state index >= 15 is 0 Å². The summed E-state index contributed by atoms with van der Waals surface area (Å²) in [5.41, 5.74) is 3.49. The fraction of sp³-hybridized carbons (Fsp3) is 0.261. The molecular formula is C23H23BrO3. The standard InChI is InChI=1S/C23H23BrO3/c1-16(2)12-22(26-14-18-10-6-7-11-21(18)24)20-15-27-23(25)13-19(20)17-8-4-3-5-9-17/h3-11,13,15-16,22H,12,14H2,1-2H3. The predicted octanol–water partition coefficient (Wildman–Crippen LogP) is 6.37. The molecule has 1 aromatic heterocycles. The van der Waals surface area contributed by atoms with Gasteiger partial charge in [-0.3, -0.25) is 0 Å². The minimum absolute atomic E-state index is 0.170. The number of halogens is 1. The third kappa shape index (κ3) is 5.18. The molecule has 1 heterocycles. The highest BCUT2D eigenvalue weighted by Gasteiger charge is 2.20. The van der Waals surface area contributed by atoms with Crippen molar-refractivity contribution in [2.45, 2.75) is 33.0 Å². The predicted molar refractivity (Wildman–Crippen MR) is 112 cm³/mol. The van der Waals surface area contributed by atoms with Gasteiger partial charge in [-0.15, -0.1) is 0 Å². The number of benzene rings is 2. The summed E-state index contributed by atoms with van der Waals surface area (Å²) in [6.45, 7) is 4.80. The highest BCUT2D eigenvalue weighted by Crippen LogP contribution is 2.34. The Labute approximate surface area is 168 Å². The van der Waals surface area contributed by atoms with E-state index in [0.29, 0.717) is 12.5 Å². The lowest BCUT2D eigenvalue weighted by Gasteiger charge is -2.22. The number of rotatable bonds is 7. The van der Waals surface area contributed by atoms with Crippen LogP contribution in [-0.2, 0) is 11.3 Å². The second kappa shape index (κ2) is 9.16. The summed E-state index contributed by atoms with van der Waals surface area (Å²) in [5.74, 6) is 0.435. The lowest BCUT2D eigenvalue weighted by molar-refractivity contribution is 0.0247. The van der Waals surface area contributed by atoms with Crippen LogP contribution in [0.2, 0.25) is 0 Å². The van der Waals surface area contributed by atoms with E-state index in [4.69, 9.17) is 9.15 Å². The van der Waals surface area contributed by atoms with Gasteiger partial charge in [0, 0.05) is 16.1 Å². The Kier molecular flexibility index (Phi) is 6.64. The van der Waals surface area contributed by atoms with Crippen LogP contribution < -0.4 is 5.63 Å². The van der Waals surface area contributed by atoms with E-state index in [2.05, 4.69) is 29.8 Å². The molecule has 0 amide bonds. The molecule has 27 heavy (non-hydrogen) atoms. The number of hydrogen-bond acceptors (Lipinski definition) is 3. The van der Waals surface area contributed by atoms with Gasteiger partial charge in [0.15, 0.2) is 0 Å². The van der Waals surface area contributed by atoms with Gasteiger partial charge in [-0.2, -0.15) is 0 Å². The summed E-state index contributed by atoms with van der Waals surface area (Å²) >= 11 is 3.57. The summed E-state index contributed by atoms with van der Waals surface area (Å²) in [5, 5.41) is 0. The van der Waals surface area contributed by atoms with Crippen molar-refractivity contribution in [3.63, 3.8) is 0 Å². The molecule has 1 atom stereocenters. The van der Waals surface area contributed by atoms with Gasteiger partial charge >= 0.3 is 5.63 Å². The molecule has 0 aliphatic heterocycles. The molecule has 0 aliphatic rings. The van der Waals surface area contributed by atoms with Crippen LogP contribution in [0, 0.1) is 5.92 Å². The Morgan fingerprint density at radius 3 is 2.44 bits per heavy atom. The molecule has 0 saturated carbocycles. The molecule has 0 saturated heterocycles. The van der Waals surface area contributed by atoms with Gasteiger partial charge in [-0.05, 0) is 35.1 Å². The fourth-order valence-electron chi connectivity index (χ4n) is 3.06. The van der Waals surface area contributed by atoms with Gasteiger partial charge in [0.25, 0.3) is 0 Å². The Morgan fingerprint density at radius 1 is 1.04 bits per heavy atom. The van der Waals surface area contributed by atoms with Crippen LogP contribution in [0.3, 0.4) is 0 Å². The van der Waals surface area contributed by atoms with Crippen molar-refractivity contribution in [1.29, 1.82) is 0 Å². The summed E-state index contributed by atoms with van der Waals surface area (Å²) < 4.78 is 12.6. The summed E-state index contributed by atoms with van der Waals surface area (Å²) in [6.07, 6.45) is 2.21. The van der Waals surface area contributed by atoms with Crippen molar-refractivity contribution in [3.8, 4) is 11.1 Å². The van der Waals surface area contributed by atoms with Gasteiger partial charge in [-0.25, -0.2) is 4.79 Å². The second-order valence-electron chi connectivity index (χ2n) is 6.95. The molecule has 0 bridgehead atoms. The first-order chi connectivity index (χ1) is 13.0. The van der Waals surface area contributed by atoms with Crippen molar-refractivity contribution in [2.24, 2.45) is 5.92 Å². The molecule has 140 valence electrons. The van der Waals surface area contributed by atoms with Crippen LogP contribution in [0.1, 0.15) is 37.5 Å². The highest BCUT2D eigenvalue weighted by molar-refractivity contribution is 9.10. The second-order valence-corrected chi connectivity index (χ2v) is 7.81. The zero-order chi connectivity index (χ0) is 19.2. The minimum Gasteiger partial charge on any atom is -0.431 e. The largest absolute Gasteiger partial charge is 0.431 e. The SMILES string of the molecule is CC(C)CC(OCc1ccccc1Br)c1coc(=O)cc1-c1ccccc1. The lowest BCUT2D eigenvalue weighted by atomic mass is 9.94. The zero-order valence-electron chi connectivity index (χ0n) is 15.5. The van der Waals surface area contributed by atoms with Crippen LogP contribution in [0.5, 0.6) is 0 Å². The molecule has 2 aromatic carbocycles. The van der Waals surface area contributed by atoms with E-state index in [1.165, 1.54) is 0 Å². The average molecular weight is 427 g/mol. The van der Waals surface area contributed by atoms with Crippen LogP contribution in [0.4, 0.5) is 0 Å². The lowest BCUT2D eigenvalue weighted by Crippen LogP contribution is -2.11. The van der Waals surface area contributed by atoms with Gasteiger partial charge in [-0.1, -0.05) is 78.3 Å². The normalized spacial score (nSPS) is 12.3. The molecule has 0 radical (unpaired) electrons. The third-order valence-corrected chi connectivity index (χ3v) is 5.16.